The number of nitrogens with zero attached hydrogens (tertiary/aromatic N) is 4. The second kappa shape index (κ2) is 7.40. The van der Waals surface area contributed by atoms with Gasteiger partial charge in [-0.05, 0) is 55.5 Å². The molecule has 8 heteroatoms. The summed E-state index contributed by atoms with van der Waals surface area (Å²) in [6.45, 7) is 2.83. The molecule has 1 fully saturated rings. The van der Waals surface area contributed by atoms with Crippen LogP contribution in [-0.4, -0.2) is 31.0 Å². The average Bonchev–Trinajstić information content (AvgIpc) is 3.32. The maximum atomic E-state index is 11.0. The van der Waals surface area contributed by atoms with Gasteiger partial charge in [0.2, 0.25) is 0 Å². The van der Waals surface area contributed by atoms with E-state index in [9.17, 15) is 10.1 Å². The van der Waals surface area contributed by atoms with Gasteiger partial charge in [0.15, 0.2) is 5.11 Å². The third kappa shape index (κ3) is 3.11. The van der Waals surface area contributed by atoms with E-state index in [1.165, 1.54) is 12.1 Å². The number of nitro groups is 1. The number of non-ortho nitro benzene ring substituents is 1. The summed E-state index contributed by atoms with van der Waals surface area (Å²) >= 11 is 5.58. The van der Waals surface area contributed by atoms with Crippen molar-refractivity contribution < 1.29 is 4.92 Å². The highest BCUT2D eigenvalue weighted by Crippen LogP contribution is 2.39. The molecule has 3 aromatic rings. The van der Waals surface area contributed by atoms with Crippen LogP contribution in [0.4, 0.5) is 5.69 Å². The third-order valence-electron chi connectivity index (χ3n) is 4.96. The maximum Gasteiger partial charge on any atom is 0.269 e. The molecule has 0 amide bonds. The highest BCUT2D eigenvalue weighted by molar-refractivity contribution is 7.80. The van der Waals surface area contributed by atoms with Crippen LogP contribution < -0.4 is 5.32 Å². The summed E-state index contributed by atoms with van der Waals surface area (Å²) < 4.78 is 2.04. The van der Waals surface area contributed by atoms with Crippen LogP contribution in [-0.2, 0) is 0 Å². The Bertz CT molecular complexity index is 1000. The van der Waals surface area contributed by atoms with Crippen molar-refractivity contribution in [3.8, 4) is 5.69 Å². The van der Waals surface area contributed by atoms with Crippen LogP contribution in [0.1, 0.15) is 30.4 Å². The van der Waals surface area contributed by atoms with Gasteiger partial charge >= 0.3 is 0 Å². The first-order valence-corrected chi connectivity index (χ1v) is 9.41. The minimum atomic E-state index is -0.393. The Morgan fingerprint density at radius 1 is 1.18 bits per heavy atom. The summed E-state index contributed by atoms with van der Waals surface area (Å²) in [5.41, 5.74) is 2.89. The summed E-state index contributed by atoms with van der Waals surface area (Å²) in [5.74, 6) is 0. The van der Waals surface area contributed by atoms with Crippen LogP contribution in [0.2, 0.25) is 0 Å². The molecule has 2 atom stereocenters. The first-order chi connectivity index (χ1) is 13.6. The first kappa shape index (κ1) is 18.1. The zero-order valence-corrected chi connectivity index (χ0v) is 16.0. The minimum absolute atomic E-state index is 0.0439. The second-order valence-corrected chi connectivity index (χ2v) is 6.88. The van der Waals surface area contributed by atoms with Crippen LogP contribution in [0.3, 0.4) is 0 Å². The Morgan fingerprint density at radius 2 is 1.96 bits per heavy atom. The highest BCUT2D eigenvalue weighted by Gasteiger charge is 2.40. The lowest BCUT2D eigenvalue weighted by Gasteiger charge is -2.27. The minimum Gasteiger partial charge on any atom is -0.352 e. The SMILES string of the molecule is CCN1C(=S)N[C@@H](c2ccccn2)[C@@H]1c1cccn1-c1ccc([N+](=O)[O-])cc1. The van der Waals surface area contributed by atoms with Crippen molar-refractivity contribution in [1.29, 1.82) is 0 Å². The number of pyridine rings is 1. The van der Waals surface area contributed by atoms with E-state index in [1.807, 2.05) is 35.0 Å². The van der Waals surface area contributed by atoms with Crippen molar-refractivity contribution in [3.63, 3.8) is 0 Å². The van der Waals surface area contributed by atoms with Gasteiger partial charge in [-0.15, -0.1) is 0 Å². The number of nitro benzene ring substituents is 1. The van der Waals surface area contributed by atoms with E-state index < -0.39 is 4.92 Å². The van der Waals surface area contributed by atoms with Gasteiger partial charge in [0.1, 0.15) is 0 Å². The van der Waals surface area contributed by atoms with Crippen molar-refractivity contribution in [3.05, 3.63) is 88.5 Å². The lowest BCUT2D eigenvalue weighted by molar-refractivity contribution is -0.384. The fourth-order valence-electron chi connectivity index (χ4n) is 3.67. The van der Waals surface area contributed by atoms with Crippen LogP contribution in [0.5, 0.6) is 0 Å². The first-order valence-electron chi connectivity index (χ1n) is 9.00. The van der Waals surface area contributed by atoms with Crippen molar-refractivity contribution >= 4 is 23.0 Å². The summed E-state index contributed by atoms with van der Waals surface area (Å²) in [4.78, 5) is 17.2. The molecule has 1 aliphatic rings. The van der Waals surface area contributed by atoms with Crippen LogP contribution in [0, 0.1) is 10.1 Å². The Kier molecular flexibility index (Phi) is 4.79. The van der Waals surface area contributed by atoms with E-state index in [0.29, 0.717) is 5.11 Å². The zero-order chi connectivity index (χ0) is 19.7. The molecule has 0 bridgehead atoms. The molecule has 142 valence electrons. The highest BCUT2D eigenvalue weighted by atomic mass is 32.1. The van der Waals surface area contributed by atoms with Crippen LogP contribution >= 0.6 is 12.2 Å². The molecule has 1 aromatic carbocycles. The van der Waals surface area contributed by atoms with Crippen molar-refractivity contribution in [2.75, 3.05) is 6.54 Å². The second-order valence-electron chi connectivity index (χ2n) is 6.49. The molecule has 1 N–H and O–H groups in total. The maximum absolute atomic E-state index is 11.0. The number of rotatable bonds is 5. The normalized spacial score (nSPS) is 18.9. The molecular formula is C20H19N5O2S. The van der Waals surface area contributed by atoms with Crippen LogP contribution in [0.15, 0.2) is 67.0 Å². The summed E-state index contributed by atoms with van der Waals surface area (Å²) in [7, 11) is 0. The number of likely N-dealkylation sites (N-methyl/N-ethyl adjacent to an activating group) is 1. The van der Waals surface area contributed by atoms with Gasteiger partial charge in [-0.3, -0.25) is 15.1 Å². The fourth-order valence-corrected chi connectivity index (χ4v) is 4.04. The molecule has 1 aliphatic heterocycles. The average molecular weight is 393 g/mol. The summed E-state index contributed by atoms with van der Waals surface area (Å²) in [6.07, 6.45) is 3.74. The molecule has 3 heterocycles. The Hall–Kier alpha value is -3.26. The van der Waals surface area contributed by atoms with Crippen LogP contribution in [0.25, 0.3) is 5.69 Å². The van der Waals surface area contributed by atoms with E-state index in [2.05, 4.69) is 28.2 Å². The topological polar surface area (TPSA) is 76.2 Å². The molecule has 7 nitrogen and oxygen atoms in total. The molecule has 0 aliphatic carbocycles. The molecule has 4 rings (SSSR count). The summed E-state index contributed by atoms with van der Waals surface area (Å²) in [6, 6.07) is 16.3. The smallest absolute Gasteiger partial charge is 0.269 e. The van der Waals surface area contributed by atoms with Gasteiger partial charge in [-0.2, -0.15) is 0 Å². The van der Waals surface area contributed by atoms with Crippen molar-refractivity contribution in [2.24, 2.45) is 0 Å². The lowest BCUT2D eigenvalue weighted by atomic mass is 10.0. The van der Waals surface area contributed by atoms with Gasteiger partial charge in [0, 0.05) is 42.5 Å². The van der Waals surface area contributed by atoms with Crippen molar-refractivity contribution in [2.45, 2.75) is 19.0 Å². The van der Waals surface area contributed by atoms with Gasteiger partial charge < -0.3 is 14.8 Å². The molecule has 0 radical (unpaired) electrons. The third-order valence-corrected chi connectivity index (χ3v) is 5.31. The van der Waals surface area contributed by atoms with E-state index >= 15 is 0 Å². The lowest BCUT2D eigenvalue weighted by Crippen LogP contribution is -2.30. The zero-order valence-electron chi connectivity index (χ0n) is 15.2. The number of benzene rings is 1. The van der Waals surface area contributed by atoms with E-state index in [-0.39, 0.29) is 17.8 Å². The molecule has 2 aromatic heterocycles. The number of hydrogen-bond donors (Lipinski definition) is 1. The van der Waals surface area contributed by atoms with Gasteiger partial charge in [0.05, 0.1) is 22.7 Å². The standard InChI is InChI=1S/C20H19N5O2S/c1-2-23-19(18(22-20(23)28)16-6-3-4-12-21-16)17-7-5-13-24(17)14-8-10-15(11-9-14)25(26)27/h3-13,18-19H,2H2,1H3,(H,22,28)/t18-,19-/m0/s1. The quantitative estimate of drug-likeness (QED) is 0.404. The Labute approximate surface area is 167 Å². The Balaban J connectivity index is 1.77. The number of nitrogens with one attached hydrogen (secondary N) is 1. The fraction of sp³-hybridized carbons (Fsp3) is 0.200. The number of hydrogen-bond acceptors (Lipinski definition) is 4. The molecular weight excluding hydrogens is 374 g/mol. The number of thiocarbonyl (C=S) groups is 1. The Morgan fingerprint density at radius 3 is 2.61 bits per heavy atom. The molecule has 28 heavy (non-hydrogen) atoms. The molecule has 0 spiro atoms. The largest absolute Gasteiger partial charge is 0.352 e. The number of aromatic nitrogens is 2. The van der Waals surface area contributed by atoms with Gasteiger partial charge in [-0.25, -0.2) is 0 Å². The van der Waals surface area contributed by atoms with E-state index in [4.69, 9.17) is 12.2 Å². The molecule has 0 saturated carbocycles. The predicted octanol–water partition coefficient (Wildman–Crippen LogP) is 3.77. The van der Waals surface area contributed by atoms with Gasteiger partial charge in [-0.1, -0.05) is 6.07 Å². The van der Waals surface area contributed by atoms with E-state index in [0.717, 1.165) is 23.6 Å². The molecule has 0 unspecified atom stereocenters. The molecule has 1 saturated heterocycles. The van der Waals surface area contributed by atoms with Crippen molar-refractivity contribution in [1.82, 2.24) is 19.8 Å². The summed E-state index contributed by atoms with van der Waals surface area (Å²) in [5, 5.41) is 15.1. The monoisotopic (exact) mass is 393 g/mol. The van der Waals surface area contributed by atoms with Gasteiger partial charge in [0.25, 0.3) is 5.69 Å². The van der Waals surface area contributed by atoms with E-state index in [1.54, 1.807) is 18.3 Å². The predicted molar refractivity (Wildman–Crippen MR) is 110 cm³/mol.